The van der Waals surface area contributed by atoms with E-state index in [1.165, 1.54) is 24.3 Å². The Balaban J connectivity index is 2.72. The highest BCUT2D eigenvalue weighted by Gasteiger charge is 2.38. The van der Waals surface area contributed by atoms with E-state index in [-0.39, 0.29) is 5.56 Å². The van der Waals surface area contributed by atoms with Crippen LogP contribution in [0.1, 0.15) is 11.1 Å². The molecular weight excluding hydrogens is 285 g/mol. The third-order valence-electron chi connectivity index (χ3n) is 1.46. The Morgan fingerprint density at radius 3 is 2.18 bits per heavy atom. The molecule has 1 aromatic rings. The maximum absolute atomic E-state index is 11.7. The van der Waals surface area contributed by atoms with Crippen LogP contribution in [0.4, 0.5) is 13.2 Å². The third-order valence-corrected chi connectivity index (χ3v) is 2.73. The zero-order valence-corrected chi connectivity index (χ0v) is 9.59. The minimum atomic E-state index is -5.36. The SMILES string of the molecule is O=S(=O)(OC(Cl)c1ccccc1)OC(F)(F)F. The molecule has 4 nitrogen and oxygen atoms in total. The second-order valence-electron chi connectivity index (χ2n) is 2.76. The molecule has 1 unspecified atom stereocenters. The van der Waals surface area contributed by atoms with Crippen molar-refractivity contribution < 1.29 is 30.0 Å². The van der Waals surface area contributed by atoms with Gasteiger partial charge in [-0.05, 0) is 5.56 Å². The smallest absolute Gasteiger partial charge is 0.223 e. The molecule has 0 aliphatic heterocycles. The predicted octanol–water partition coefficient (Wildman–Crippen LogP) is 2.72. The molecule has 0 saturated heterocycles. The summed E-state index contributed by atoms with van der Waals surface area (Å²) in [5, 5.41) is 0. The van der Waals surface area contributed by atoms with Gasteiger partial charge in [0.05, 0.1) is 0 Å². The Kier molecular flexibility index (Phi) is 4.36. The van der Waals surface area contributed by atoms with Crippen molar-refractivity contribution in [2.45, 2.75) is 11.9 Å². The highest BCUT2D eigenvalue weighted by molar-refractivity contribution is 7.81. The predicted molar refractivity (Wildman–Crippen MR) is 52.2 cm³/mol. The van der Waals surface area contributed by atoms with Gasteiger partial charge in [0.2, 0.25) is 0 Å². The van der Waals surface area contributed by atoms with Crippen LogP contribution in [0.15, 0.2) is 30.3 Å². The fourth-order valence-electron chi connectivity index (χ4n) is 0.899. The minimum absolute atomic E-state index is 0.184. The van der Waals surface area contributed by atoms with E-state index in [2.05, 4.69) is 8.37 Å². The fourth-order valence-corrected chi connectivity index (χ4v) is 1.90. The van der Waals surface area contributed by atoms with Crippen molar-refractivity contribution in [2.24, 2.45) is 0 Å². The van der Waals surface area contributed by atoms with E-state index in [0.29, 0.717) is 0 Å². The van der Waals surface area contributed by atoms with Gasteiger partial charge >= 0.3 is 16.8 Å². The first-order valence-corrected chi connectivity index (χ1v) is 5.86. The van der Waals surface area contributed by atoms with Crippen molar-refractivity contribution in [1.82, 2.24) is 0 Å². The average Bonchev–Trinajstić information content (AvgIpc) is 2.14. The molecule has 1 rings (SSSR count). The normalized spacial score (nSPS) is 14.6. The number of hydrogen-bond donors (Lipinski definition) is 0. The molecule has 1 atom stereocenters. The third kappa shape index (κ3) is 5.35. The van der Waals surface area contributed by atoms with E-state index in [9.17, 15) is 21.6 Å². The summed E-state index contributed by atoms with van der Waals surface area (Å²) in [7, 11) is -5.24. The largest absolute Gasteiger partial charge is 0.538 e. The van der Waals surface area contributed by atoms with Crippen LogP contribution in [0.5, 0.6) is 0 Å². The Labute approximate surface area is 100 Å². The van der Waals surface area contributed by atoms with Gasteiger partial charge in [0.15, 0.2) is 5.56 Å². The molecule has 0 aromatic heterocycles. The molecule has 0 radical (unpaired) electrons. The van der Waals surface area contributed by atoms with Crippen molar-refractivity contribution in [3.8, 4) is 0 Å². The van der Waals surface area contributed by atoms with Gasteiger partial charge in [0.25, 0.3) is 0 Å². The fraction of sp³-hybridized carbons (Fsp3) is 0.250. The topological polar surface area (TPSA) is 52.6 Å². The van der Waals surface area contributed by atoms with E-state index < -0.39 is 22.3 Å². The van der Waals surface area contributed by atoms with Crippen LogP contribution in [0.25, 0.3) is 0 Å². The summed E-state index contributed by atoms with van der Waals surface area (Å²) in [6.07, 6.45) is -5.36. The standard InChI is InChI=1S/C8H6ClF3O4S/c9-7(6-4-2-1-3-5-6)15-17(13,14)16-8(10,11)12/h1-5,7H. The molecule has 0 spiro atoms. The number of benzene rings is 1. The number of alkyl halides is 4. The number of hydrogen-bond acceptors (Lipinski definition) is 4. The van der Waals surface area contributed by atoms with Crippen molar-refractivity contribution in [3.63, 3.8) is 0 Å². The molecule has 0 N–H and O–H groups in total. The summed E-state index contributed by atoms with van der Waals surface area (Å²) < 4.78 is 63.4. The molecule has 1 aromatic carbocycles. The summed E-state index contributed by atoms with van der Waals surface area (Å²) in [5.41, 5.74) is -1.41. The first-order valence-electron chi connectivity index (χ1n) is 4.09. The van der Waals surface area contributed by atoms with Gasteiger partial charge in [-0.2, -0.15) is 8.42 Å². The Bertz CT molecular complexity index is 459. The van der Waals surface area contributed by atoms with Crippen molar-refractivity contribution in [2.75, 3.05) is 0 Å². The molecule has 0 aliphatic carbocycles. The average molecular weight is 291 g/mol. The number of rotatable bonds is 4. The molecule has 0 saturated carbocycles. The first kappa shape index (κ1) is 14.2. The van der Waals surface area contributed by atoms with Crippen LogP contribution in [0.2, 0.25) is 0 Å². The molecule has 96 valence electrons. The number of halogens is 4. The summed E-state index contributed by atoms with van der Waals surface area (Å²) in [5.74, 6) is 0. The second kappa shape index (κ2) is 5.21. The quantitative estimate of drug-likeness (QED) is 0.800. The van der Waals surface area contributed by atoms with Crippen LogP contribution >= 0.6 is 11.6 Å². The molecular formula is C8H6ClF3O4S. The van der Waals surface area contributed by atoms with E-state index in [1.54, 1.807) is 6.07 Å². The summed E-state index contributed by atoms with van der Waals surface area (Å²) in [6.45, 7) is 0. The van der Waals surface area contributed by atoms with Crippen LogP contribution in [0.3, 0.4) is 0 Å². The summed E-state index contributed by atoms with van der Waals surface area (Å²) >= 11 is 5.47. The van der Waals surface area contributed by atoms with Crippen molar-refractivity contribution >= 4 is 22.0 Å². The van der Waals surface area contributed by atoms with Gasteiger partial charge in [-0.25, -0.2) is 4.18 Å². The van der Waals surface area contributed by atoms with Crippen LogP contribution in [-0.2, 0) is 18.8 Å². The zero-order chi connectivity index (χ0) is 13.1. The second-order valence-corrected chi connectivity index (χ2v) is 4.33. The highest BCUT2D eigenvalue weighted by Crippen LogP contribution is 2.27. The first-order chi connectivity index (χ1) is 7.70. The summed E-state index contributed by atoms with van der Waals surface area (Å²) in [4.78, 5) is 0. The van der Waals surface area contributed by atoms with Gasteiger partial charge in [0.1, 0.15) is 0 Å². The van der Waals surface area contributed by atoms with Gasteiger partial charge in [-0.15, -0.1) is 17.4 Å². The Morgan fingerprint density at radius 2 is 1.71 bits per heavy atom. The maximum atomic E-state index is 11.7. The van der Waals surface area contributed by atoms with Crippen molar-refractivity contribution in [1.29, 1.82) is 0 Å². The molecule has 0 aliphatic rings. The molecule has 0 fully saturated rings. The van der Waals surface area contributed by atoms with E-state index in [1.807, 2.05) is 0 Å². The molecule has 0 heterocycles. The molecule has 17 heavy (non-hydrogen) atoms. The van der Waals surface area contributed by atoms with Gasteiger partial charge in [-0.3, -0.25) is 0 Å². The van der Waals surface area contributed by atoms with Crippen molar-refractivity contribution in [3.05, 3.63) is 35.9 Å². The highest BCUT2D eigenvalue weighted by atomic mass is 35.5. The van der Waals surface area contributed by atoms with E-state index in [4.69, 9.17) is 11.6 Å². The van der Waals surface area contributed by atoms with Gasteiger partial charge in [0, 0.05) is 0 Å². The van der Waals surface area contributed by atoms with Crippen LogP contribution in [-0.4, -0.2) is 14.8 Å². The molecule has 9 heteroatoms. The lowest BCUT2D eigenvalue weighted by Gasteiger charge is -2.12. The van der Waals surface area contributed by atoms with Crippen LogP contribution < -0.4 is 0 Å². The lowest BCUT2D eigenvalue weighted by atomic mass is 10.2. The van der Waals surface area contributed by atoms with E-state index in [0.717, 1.165) is 0 Å². The zero-order valence-electron chi connectivity index (χ0n) is 8.02. The van der Waals surface area contributed by atoms with Gasteiger partial charge < -0.3 is 0 Å². The van der Waals surface area contributed by atoms with Gasteiger partial charge in [-0.1, -0.05) is 41.9 Å². The minimum Gasteiger partial charge on any atom is -0.223 e. The lowest BCUT2D eigenvalue weighted by Crippen LogP contribution is -2.22. The summed E-state index contributed by atoms with van der Waals surface area (Å²) in [6, 6.07) is 7.44. The molecule has 0 bridgehead atoms. The lowest BCUT2D eigenvalue weighted by molar-refractivity contribution is -0.275. The Hall–Kier alpha value is -0.830. The maximum Gasteiger partial charge on any atom is 0.538 e. The van der Waals surface area contributed by atoms with Crippen LogP contribution in [0, 0.1) is 0 Å². The monoisotopic (exact) mass is 290 g/mol. The Morgan fingerprint density at radius 1 is 1.18 bits per heavy atom. The van der Waals surface area contributed by atoms with E-state index >= 15 is 0 Å². The molecule has 0 amide bonds.